The van der Waals surface area contributed by atoms with E-state index < -0.39 is 0 Å². The van der Waals surface area contributed by atoms with E-state index >= 15 is 0 Å². The fraction of sp³-hybridized carbons (Fsp3) is 0.562. The molecule has 3 N–H and O–H groups in total. The third kappa shape index (κ3) is 2.72. The zero-order valence-electron chi connectivity index (χ0n) is 12.0. The number of fused-ring (bicyclic) bond motifs is 1. The van der Waals surface area contributed by atoms with E-state index in [9.17, 15) is 4.79 Å². The number of carbonyl (C=O) groups is 1. The number of hydrogen-bond acceptors (Lipinski definition) is 3. The topological polar surface area (TPSA) is 53.2 Å². The molecule has 0 bridgehead atoms. The van der Waals surface area contributed by atoms with E-state index in [1.807, 2.05) is 12.1 Å². The molecule has 3 atom stereocenters. The molecule has 1 aliphatic carbocycles. The Morgan fingerprint density at radius 1 is 1.25 bits per heavy atom. The largest absolute Gasteiger partial charge is 0.351 e. The van der Waals surface area contributed by atoms with E-state index in [1.54, 1.807) is 0 Å². The van der Waals surface area contributed by atoms with Crippen molar-refractivity contribution in [1.82, 2.24) is 16.2 Å². The van der Waals surface area contributed by atoms with E-state index in [0.717, 1.165) is 6.42 Å². The summed E-state index contributed by atoms with van der Waals surface area (Å²) in [6, 6.07) is 8.58. The van der Waals surface area contributed by atoms with Crippen LogP contribution in [0.15, 0.2) is 24.3 Å². The Morgan fingerprint density at radius 2 is 2.05 bits per heavy atom. The highest BCUT2D eigenvalue weighted by Gasteiger charge is 2.40. The fourth-order valence-electron chi connectivity index (χ4n) is 3.40. The van der Waals surface area contributed by atoms with Gasteiger partial charge >= 0.3 is 0 Å². The van der Waals surface area contributed by atoms with Crippen molar-refractivity contribution in [2.45, 2.75) is 51.2 Å². The molecule has 1 saturated heterocycles. The molecular formula is C16H23N3O. The summed E-state index contributed by atoms with van der Waals surface area (Å²) in [5.74, 6) is 0.566. The third-order valence-corrected chi connectivity index (χ3v) is 4.67. The normalized spacial score (nSPS) is 28.9. The van der Waals surface area contributed by atoms with Crippen molar-refractivity contribution >= 4 is 5.91 Å². The van der Waals surface area contributed by atoms with Gasteiger partial charge < -0.3 is 5.32 Å². The molecule has 1 saturated carbocycles. The maximum Gasteiger partial charge on any atom is 0.239 e. The van der Waals surface area contributed by atoms with Crippen LogP contribution in [0.25, 0.3) is 0 Å². The number of hydrazine groups is 1. The maximum absolute atomic E-state index is 12.4. The molecule has 4 nitrogen and oxygen atoms in total. The molecule has 1 aromatic rings. The van der Waals surface area contributed by atoms with Crippen LogP contribution in [0.2, 0.25) is 0 Å². The molecule has 1 aromatic carbocycles. The highest BCUT2D eigenvalue weighted by Crippen LogP contribution is 2.30. The molecule has 1 heterocycles. The monoisotopic (exact) mass is 273 g/mol. The van der Waals surface area contributed by atoms with Crippen molar-refractivity contribution in [3.8, 4) is 0 Å². The highest BCUT2D eigenvalue weighted by molar-refractivity contribution is 5.82. The molecule has 4 heteroatoms. The van der Waals surface area contributed by atoms with E-state index in [1.165, 1.54) is 30.4 Å². The zero-order valence-corrected chi connectivity index (χ0v) is 12.0. The average Bonchev–Trinajstić information content (AvgIpc) is 2.90. The Bertz CT molecular complexity index is 488. The van der Waals surface area contributed by atoms with Crippen LogP contribution in [0.1, 0.15) is 36.8 Å². The minimum Gasteiger partial charge on any atom is -0.351 e. The van der Waals surface area contributed by atoms with Crippen LogP contribution in [-0.2, 0) is 11.3 Å². The van der Waals surface area contributed by atoms with Crippen molar-refractivity contribution in [1.29, 1.82) is 0 Å². The predicted molar refractivity (Wildman–Crippen MR) is 78.8 cm³/mol. The number of hydrogen-bond donors (Lipinski definition) is 3. The molecule has 0 radical (unpaired) electrons. The van der Waals surface area contributed by atoms with Crippen molar-refractivity contribution in [3.05, 3.63) is 35.4 Å². The van der Waals surface area contributed by atoms with Gasteiger partial charge in [-0.25, -0.2) is 5.43 Å². The molecule has 1 aliphatic heterocycles. The van der Waals surface area contributed by atoms with Crippen LogP contribution in [0.3, 0.4) is 0 Å². The minimum atomic E-state index is -0.0793. The standard InChI is InChI=1S/C16H23N3O/c1-11-6-2-3-7-12(11)10-17-16(20)15-13-8-4-5-9-14(13)18-19-15/h2-3,6-7,13-15,18-19H,4-5,8-10H2,1H3,(H,17,20). The molecule has 1 amide bonds. The Balaban J connectivity index is 1.58. The van der Waals surface area contributed by atoms with E-state index in [2.05, 4.69) is 35.2 Å². The van der Waals surface area contributed by atoms with E-state index in [0.29, 0.717) is 18.5 Å². The second-order valence-electron chi connectivity index (χ2n) is 5.97. The number of carbonyl (C=O) groups excluding carboxylic acids is 1. The van der Waals surface area contributed by atoms with Crippen LogP contribution in [-0.4, -0.2) is 18.0 Å². The molecule has 20 heavy (non-hydrogen) atoms. The smallest absolute Gasteiger partial charge is 0.239 e. The Morgan fingerprint density at radius 3 is 2.90 bits per heavy atom. The van der Waals surface area contributed by atoms with Gasteiger partial charge in [-0.05, 0) is 30.9 Å². The maximum atomic E-state index is 12.4. The van der Waals surface area contributed by atoms with Crippen molar-refractivity contribution < 1.29 is 4.79 Å². The lowest BCUT2D eigenvalue weighted by Crippen LogP contribution is -2.45. The second kappa shape index (κ2) is 5.94. The lowest BCUT2D eigenvalue weighted by atomic mass is 9.81. The summed E-state index contributed by atoms with van der Waals surface area (Å²) in [6.07, 6.45) is 4.84. The van der Waals surface area contributed by atoms with Crippen LogP contribution in [0, 0.1) is 12.8 Å². The summed E-state index contributed by atoms with van der Waals surface area (Å²) in [6.45, 7) is 2.69. The zero-order chi connectivity index (χ0) is 13.9. The molecule has 3 rings (SSSR count). The molecule has 2 fully saturated rings. The van der Waals surface area contributed by atoms with Crippen LogP contribution in [0.4, 0.5) is 0 Å². The highest BCUT2D eigenvalue weighted by atomic mass is 16.2. The summed E-state index contributed by atoms with van der Waals surface area (Å²) in [5, 5.41) is 3.07. The van der Waals surface area contributed by atoms with Crippen molar-refractivity contribution in [2.24, 2.45) is 5.92 Å². The summed E-state index contributed by atoms with van der Waals surface area (Å²) < 4.78 is 0. The van der Waals surface area contributed by atoms with Crippen LogP contribution in [0.5, 0.6) is 0 Å². The number of rotatable bonds is 3. The molecule has 0 aromatic heterocycles. The number of benzene rings is 1. The van der Waals surface area contributed by atoms with Gasteiger partial charge in [-0.15, -0.1) is 0 Å². The molecular weight excluding hydrogens is 250 g/mol. The Labute approximate surface area is 120 Å². The van der Waals surface area contributed by atoms with E-state index in [4.69, 9.17) is 0 Å². The van der Waals surface area contributed by atoms with Crippen LogP contribution >= 0.6 is 0 Å². The lowest BCUT2D eigenvalue weighted by molar-refractivity contribution is -0.124. The van der Waals surface area contributed by atoms with E-state index in [-0.39, 0.29) is 11.9 Å². The van der Waals surface area contributed by atoms with Crippen molar-refractivity contribution in [3.63, 3.8) is 0 Å². The quantitative estimate of drug-likeness (QED) is 0.785. The van der Waals surface area contributed by atoms with Crippen LogP contribution < -0.4 is 16.2 Å². The Kier molecular flexibility index (Phi) is 4.03. The number of amides is 1. The van der Waals surface area contributed by atoms with Gasteiger partial charge in [0.2, 0.25) is 5.91 Å². The SMILES string of the molecule is Cc1ccccc1CNC(=O)C1NNC2CCCCC21. The fourth-order valence-corrected chi connectivity index (χ4v) is 3.40. The molecule has 108 valence electrons. The summed E-state index contributed by atoms with van der Waals surface area (Å²) in [4.78, 5) is 12.4. The molecule has 2 aliphatic rings. The summed E-state index contributed by atoms with van der Waals surface area (Å²) in [7, 11) is 0. The van der Waals surface area contributed by atoms with Gasteiger partial charge in [-0.2, -0.15) is 0 Å². The van der Waals surface area contributed by atoms with Gasteiger partial charge in [0.25, 0.3) is 0 Å². The van der Waals surface area contributed by atoms with Crippen molar-refractivity contribution in [2.75, 3.05) is 0 Å². The first-order chi connectivity index (χ1) is 9.75. The first-order valence-electron chi connectivity index (χ1n) is 7.59. The van der Waals surface area contributed by atoms with Gasteiger partial charge in [-0.1, -0.05) is 37.1 Å². The minimum absolute atomic E-state index is 0.0793. The number of nitrogens with one attached hydrogen (secondary N) is 3. The lowest BCUT2D eigenvalue weighted by Gasteiger charge is -2.26. The first kappa shape index (κ1) is 13.6. The van der Waals surface area contributed by atoms with Gasteiger partial charge in [0.1, 0.15) is 6.04 Å². The third-order valence-electron chi connectivity index (χ3n) is 4.67. The second-order valence-corrected chi connectivity index (χ2v) is 5.97. The number of aryl methyl sites for hydroxylation is 1. The molecule has 3 unspecified atom stereocenters. The van der Waals surface area contributed by atoms with Gasteiger partial charge in [-0.3, -0.25) is 10.2 Å². The van der Waals surface area contributed by atoms with Gasteiger partial charge in [0, 0.05) is 18.5 Å². The first-order valence-corrected chi connectivity index (χ1v) is 7.59. The summed E-state index contributed by atoms with van der Waals surface area (Å²) >= 11 is 0. The van der Waals surface area contributed by atoms with Gasteiger partial charge in [0.05, 0.1) is 0 Å². The predicted octanol–water partition coefficient (Wildman–Crippen LogP) is 1.65. The van der Waals surface area contributed by atoms with Gasteiger partial charge in [0.15, 0.2) is 0 Å². The Hall–Kier alpha value is -1.39. The average molecular weight is 273 g/mol. The molecule has 0 spiro atoms. The summed E-state index contributed by atoms with van der Waals surface area (Å²) in [5.41, 5.74) is 8.89.